The van der Waals surface area contributed by atoms with Crippen molar-refractivity contribution in [2.45, 2.75) is 6.18 Å². The summed E-state index contributed by atoms with van der Waals surface area (Å²) < 4.78 is 36.7. The summed E-state index contributed by atoms with van der Waals surface area (Å²) >= 11 is 7.29. The Kier molecular flexibility index (Phi) is 5.57. The molecule has 0 bridgehead atoms. The van der Waals surface area contributed by atoms with Crippen LogP contribution in [-0.2, 0) is 0 Å². The number of carbonyl (C=O) groups is 1. The molecule has 11 heteroatoms. The van der Waals surface area contributed by atoms with E-state index in [4.69, 9.17) is 11.6 Å². The molecular formula is C16H11ClF3N5OS. The Morgan fingerprint density at radius 1 is 1.22 bits per heavy atom. The van der Waals surface area contributed by atoms with Crippen molar-refractivity contribution in [3.8, 4) is 10.4 Å². The monoisotopic (exact) mass is 413 g/mol. The van der Waals surface area contributed by atoms with E-state index in [0.717, 1.165) is 0 Å². The minimum absolute atomic E-state index is 0.0208. The fraction of sp³-hybridized carbons (Fsp3) is 0.125. The molecule has 0 aliphatic rings. The highest BCUT2D eigenvalue weighted by Crippen LogP contribution is 2.31. The van der Waals surface area contributed by atoms with Crippen LogP contribution in [0.1, 0.15) is 10.4 Å². The second-order valence-corrected chi connectivity index (χ2v) is 6.69. The van der Waals surface area contributed by atoms with Gasteiger partial charge in [-0.25, -0.2) is 9.97 Å². The maximum absolute atomic E-state index is 12.2. The molecule has 3 rings (SSSR count). The molecule has 0 saturated carbocycles. The predicted molar refractivity (Wildman–Crippen MR) is 96.3 cm³/mol. The molecule has 140 valence electrons. The molecule has 0 aliphatic carbocycles. The van der Waals surface area contributed by atoms with Gasteiger partial charge in [0, 0.05) is 30.4 Å². The van der Waals surface area contributed by atoms with Crippen LogP contribution < -0.4 is 10.6 Å². The highest BCUT2D eigenvalue weighted by molar-refractivity contribution is 7.18. The van der Waals surface area contributed by atoms with Gasteiger partial charge in [-0.2, -0.15) is 13.2 Å². The number of pyridine rings is 2. The third kappa shape index (κ3) is 5.14. The summed E-state index contributed by atoms with van der Waals surface area (Å²) in [6.07, 6.45) is 1.34. The van der Waals surface area contributed by atoms with Crippen LogP contribution in [0.15, 0.2) is 43.0 Å². The summed E-state index contributed by atoms with van der Waals surface area (Å²) in [5.41, 5.74) is 0.569. The van der Waals surface area contributed by atoms with Crippen LogP contribution in [0.25, 0.3) is 10.4 Å². The van der Waals surface area contributed by atoms with Crippen molar-refractivity contribution in [2.24, 2.45) is 0 Å². The van der Waals surface area contributed by atoms with Crippen LogP contribution in [0, 0.1) is 0 Å². The second-order valence-electron chi connectivity index (χ2n) is 5.25. The number of alkyl halides is 3. The fourth-order valence-electron chi connectivity index (χ4n) is 2.03. The number of halogens is 4. The van der Waals surface area contributed by atoms with Crippen LogP contribution >= 0.6 is 22.9 Å². The van der Waals surface area contributed by atoms with Crippen molar-refractivity contribution in [1.29, 1.82) is 0 Å². The first-order valence-electron chi connectivity index (χ1n) is 7.45. The molecular weight excluding hydrogens is 403 g/mol. The van der Waals surface area contributed by atoms with E-state index in [1.165, 1.54) is 29.8 Å². The van der Waals surface area contributed by atoms with E-state index in [1.807, 2.05) is 5.32 Å². The number of hydrogen-bond donors (Lipinski definition) is 2. The van der Waals surface area contributed by atoms with Crippen LogP contribution in [0.4, 0.5) is 24.1 Å². The van der Waals surface area contributed by atoms with Gasteiger partial charge < -0.3 is 10.6 Å². The summed E-state index contributed by atoms with van der Waals surface area (Å²) in [4.78, 5) is 24.7. The fourth-order valence-corrected chi connectivity index (χ4v) is 2.99. The lowest BCUT2D eigenvalue weighted by molar-refractivity contribution is -0.123. The molecule has 0 unspecified atom stereocenters. The highest BCUT2D eigenvalue weighted by Gasteiger charge is 2.28. The molecule has 0 spiro atoms. The number of rotatable bonds is 5. The summed E-state index contributed by atoms with van der Waals surface area (Å²) in [7, 11) is 0. The van der Waals surface area contributed by atoms with Gasteiger partial charge in [-0.3, -0.25) is 9.78 Å². The molecule has 2 N–H and O–H groups in total. The highest BCUT2D eigenvalue weighted by atomic mass is 35.5. The smallest absolute Gasteiger partial charge is 0.343 e. The lowest BCUT2D eigenvalue weighted by atomic mass is 10.2. The van der Waals surface area contributed by atoms with Gasteiger partial charge in [-0.1, -0.05) is 22.9 Å². The Morgan fingerprint density at radius 3 is 2.78 bits per heavy atom. The number of thiazole rings is 1. The van der Waals surface area contributed by atoms with E-state index < -0.39 is 18.6 Å². The van der Waals surface area contributed by atoms with Gasteiger partial charge in [0.1, 0.15) is 6.54 Å². The Bertz CT molecular complexity index is 963. The third-order valence-corrected chi connectivity index (χ3v) is 4.49. The van der Waals surface area contributed by atoms with Gasteiger partial charge in [0.2, 0.25) is 0 Å². The maximum Gasteiger partial charge on any atom is 0.405 e. The number of carbonyl (C=O) groups excluding carboxylic acids is 1. The quantitative estimate of drug-likeness (QED) is 0.652. The first-order chi connectivity index (χ1) is 12.8. The molecule has 0 radical (unpaired) electrons. The summed E-state index contributed by atoms with van der Waals surface area (Å²) in [6.45, 7) is -1.41. The molecule has 6 nitrogen and oxygen atoms in total. The first-order valence-corrected chi connectivity index (χ1v) is 8.65. The molecule has 3 aromatic heterocycles. The Morgan fingerprint density at radius 2 is 2.04 bits per heavy atom. The van der Waals surface area contributed by atoms with E-state index in [2.05, 4.69) is 20.3 Å². The summed E-state index contributed by atoms with van der Waals surface area (Å²) in [6, 6.07) is 4.82. The number of aromatic nitrogens is 3. The lowest BCUT2D eigenvalue weighted by Gasteiger charge is -2.08. The minimum Gasteiger partial charge on any atom is -0.343 e. The van der Waals surface area contributed by atoms with E-state index in [1.54, 1.807) is 24.5 Å². The Labute approximate surface area is 160 Å². The standard InChI is InChI=1S/C16H11ClF3N5OS/c17-11-2-1-3-22-13(11)25-15-23-7-12(27-15)9-4-10(6-21-5-9)14(26)24-8-16(18,19)20/h1-7H,8H2,(H,24,26)(H,22,23,25). The predicted octanol–water partition coefficient (Wildman–Crippen LogP) is 4.29. The van der Waals surface area contributed by atoms with Crippen molar-refractivity contribution in [3.05, 3.63) is 53.6 Å². The molecule has 0 fully saturated rings. The number of nitrogens with one attached hydrogen (secondary N) is 2. The van der Waals surface area contributed by atoms with Gasteiger partial charge >= 0.3 is 6.18 Å². The zero-order valence-electron chi connectivity index (χ0n) is 13.4. The van der Waals surface area contributed by atoms with Gasteiger partial charge in [0.05, 0.1) is 15.5 Å². The van der Waals surface area contributed by atoms with Gasteiger partial charge in [-0.15, -0.1) is 0 Å². The topological polar surface area (TPSA) is 79.8 Å². The lowest BCUT2D eigenvalue weighted by Crippen LogP contribution is -2.33. The third-order valence-electron chi connectivity index (χ3n) is 3.22. The molecule has 0 aromatic carbocycles. The zero-order chi connectivity index (χ0) is 19.4. The van der Waals surface area contributed by atoms with Crippen LogP contribution in [0.3, 0.4) is 0 Å². The van der Waals surface area contributed by atoms with E-state index in [0.29, 0.717) is 26.4 Å². The molecule has 0 atom stereocenters. The maximum atomic E-state index is 12.2. The van der Waals surface area contributed by atoms with E-state index in [9.17, 15) is 18.0 Å². The van der Waals surface area contributed by atoms with Crippen molar-refractivity contribution in [2.75, 3.05) is 11.9 Å². The number of nitrogens with zero attached hydrogens (tertiary/aromatic N) is 3. The minimum atomic E-state index is -4.48. The molecule has 0 saturated heterocycles. The van der Waals surface area contributed by atoms with Crippen molar-refractivity contribution >= 4 is 39.8 Å². The molecule has 1 amide bonds. The molecule has 0 aliphatic heterocycles. The average Bonchev–Trinajstić information content (AvgIpc) is 3.10. The van der Waals surface area contributed by atoms with Crippen molar-refractivity contribution in [3.63, 3.8) is 0 Å². The number of amides is 1. The second kappa shape index (κ2) is 7.89. The number of hydrogen-bond acceptors (Lipinski definition) is 6. The van der Waals surface area contributed by atoms with Gasteiger partial charge in [0.15, 0.2) is 10.9 Å². The summed E-state index contributed by atoms with van der Waals surface area (Å²) in [5.74, 6) is -0.414. The SMILES string of the molecule is O=C(NCC(F)(F)F)c1cncc(-c2cnc(Nc3ncccc3Cl)s2)c1. The molecule has 3 aromatic rings. The van der Waals surface area contributed by atoms with Gasteiger partial charge in [-0.05, 0) is 18.2 Å². The van der Waals surface area contributed by atoms with E-state index >= 15 is 0 Å². The van der Waals surface area contributed by atoms with Gasteiger partial charge in [0.25, 0.3) is 5.91 Å². The Balaban J connectivity index is 1.75. The number of anilines is 2. The van der Waals surface area contributed by atoms with E-state index in [-0.39, 0.29) is 5.56 Å². The van der Waals surface area contributed by atoms with Crippen molar-refractivity contribution in [1.82, 2.24) is 20.3 Å². The van der Waals surface area contributed by atoms with Crippen LogP contribution in [0.5, 0.6) is 0 Å². The zero-order valence-corrected chi connectivity index (χ0v) is 15.0. The van der Waals surface area contributed by atoms with Crippen LogP contribution in [-0.4, -0.2) is 33.6 Å². The average molecular weight is 414 g/mol. The molecule has 3 heterocycles. The summed E-state index contributed by atoms with van der Waals surface area (Å²) in [5, 5.41) is 5.73. The largest absolute Gasteiger partial charge is 0.405 e. The van der Waals surface area contributed by atoms with Crippen molar-refractivity contribution < 1.29 is 18.0 Å². The molecule has 27 heavy (non-hydrogen) atoms. The first kappa shape index (κ1) is 19.1. The Hall–Kier alpha value is -2.72. The van der Waals surface area contributed by atoms with Crippen LogP contribution in [0.2, 0.25) is 5.02 Å². The normalized spacial score (nSPS) is 11.3.